The largest absolute Gasteiger partial charge is 0.289 e. The normalized spacial score (nSPS) is 10.6. The molecule has 3 aromatic rings. The van der Waals surface area contributed by atoms with Crippen molar-refractivity contribution < 1.29 is 4.79 Å². The number of carbonyl (C=O) groups is 1. The standard InChI is InChI=1S/C16H11NOS.ClH/c18-15(13-5-3-9-17-11-13)8-7-14-10-12-4-1-2-6-16(12)19-14;/h1-11H;1H/b8-7+;. The topological polar surface area (TPSA) is 30.0 Å². The molecule has 20 heavy (non-hydrogen) atoms. The van der Waals surface area contributed by atoms with Crippen LogP contribution >= 0.6 is 23.7 Å². The van der Waals surface area contributed by atoms with Crippen molar-refractivity contribution in [2.24, 2.45) is 0 Å². The van der Waals surface area contributed by atoms with E-state index in [0.717, 1.165) is 4.88 Å². The lowest BCUT2D eigenvalue weighted by Crippen LogP contribution is -1.93. The molecule has 0 unspecified atom stereocenters. The Labute approximate surface area is 127 Å². The number of rotatable bonds is 3. The van der Waals surface area contributed by atoms with Crippen LogP contribution in [0.2, 0.25) is 0 Å². The van der Waals surface area contributed by atoms with Crippen LogP contribution in [0.1, 0.15) is 15.2 Å². The number of pyridine rings is 1. The first kappa shape index (κ1) is 14.4. The molecule has 0 N–H and O–H groups in total. The van der Waals surface area contributed by atoms with Crippen LogP contribution in [0.4, 0.5) is 0 Å². The number of hydrogen-bond acceptors (Lipinski definition) is 3. The molecule has 100 valence electrons. The summed E-state index contributed by atoms with van der Waals surface area (Å²) >= 11 is 1.68. The summed E-state index contributed by atoms with van der Waals surface area (Å²) in [4.78, 5) is 16.9. The molecule has 0 saturated carbocycles. The van der Waals surface area contributed by atoms with E-state index in [9.17, 15) is 4.79 Å². The third kappa shape index (κ3) is 3.13. The van der Waals surface area contributed by atoms with E-state index in [1.54, 1.807) is 41.9 Å². The Bertz CT molecular complexity index is 716. The van der Waals surface area contributed by atoms with E-state index in [2.05, 4.69) is 23.2 Å². The van der Waals surface area contributed by atoms with Crippen molar-refractivity contribution in [2.75, 3.05) is 0 Å². The van der Waals surface area contributed by atoms with Gasteiger partial charge in [-0.2, -0.15) is 0 Å². The lowest BCUT2D eigenvalue weighted by molar-refractivity contribution is 0.104. The molecule has 0 aliphatic rings. The first-order valence-corrected chi connectivity index (χ1v) is 6.75. The van der Waals surface area contributed by atoms with Crippen molar-refractivity contribution in [3.05, 3.63) is 71.4 Å². The Morgan fingerprint density at radius 3 is 2.75 bits per heavy atom. The molecule has 0 aliphatic heterocycles. The summed E-state index contributed by atoms with van der Waals surface area (Å²) < 4.78 is 1.23. The minimum Gasteiger partial charge on any atom is -0.289 e. The van der Waals surface area contributed by atoms with E-state index in [4.69, 9.17) is 0 Å². The van der Waals surface area contributed by atoms with Gasteiger partial charge in [0.1, 0.15) is 0 Å². The molecular weight excluding hydrogens is 290 g/mol. The van der Waals surface area contributed by atoms with Gasteiger partial charge in [0.2, 0.25) is 0 Å². The summed E-state index contributed by atoms with van der Waals surface area (Å²) in [6, 6.07) is 13.8. The van der Waals surface area contributed by atoms with Crippen molar-refractivity contribution in [1.29, 1.82) is 0 Å². The van der Waals surface area contributed by atoms with Crippen LogP contribution in [0.25, 0.3) is 16.2 Å². The average molecular weight is 302 g/mol. The van der Waals surface area contributed by atoms with Gasteiger partial charge in [-0.05, 0) is 41.8 Å². The molecule has 2 aromatic heterocycles. The van der Waals surface area contributed by atoms with Crippen LogP contribution in [0.15, 0.2) is 60.9 Å². The Morgan fingerprint density at radius 2 is 2.00 bits per heavy atom. The third-order valence-electron chi connectivity index (χ3n) is 2.79. The van der Waals surface area contributed by atoms with Gasteiger partial charge in [0.25, 0.3) is 0 Å². The molecule has 0 fully saturated rings. The molecule has 4 heteroatoms. The average Bonchev–Trinajstić information content (AvgIpc) is 2.88. The molecule has 2 heterocycles. The van der Waals surface area contributed by atoms with Gasteiger partial charge in [0, 0.05) is 27.5 Å². The minimum absolute atomic E-state index is 0. The third-order valence-corrected chi connectivity index (χ3v) is 3.87. The molecule has 0 bridgehead atoms. The summed E-state index contributed by atoms with van der Waals surface area (Å²) in [5.74, 6) is -0.0226. The van der Waals surface area contributed by atoms with E-state index in [1.807, 2.05) is 18.2 Å². The summed E-state index contributed by atoms with van der Waals surface area (Å²) in [5.41, 5.74) is 0.611. The van der Waals surface area contributed by atoms with Crippen LogP contribution in [0, 0.1) is 0 Å². The highest BCUT2D eigenvalue weighted by Gasteiger charge is 2.02. The monoisotopic (exact) mass is 301 g/mol. The maximum absolute atomic E-state index is 11.9. The molecule has 0 spiro atoms. The zero-order chi connectivity index (χ0) is 13.1. The summed E-state index contributed by atoms with van der Waals surface area (Å²) in [6.07, 6.45) is 6.70. The zero-order valence-electron chi connectivity index (χ0n) is 10.5. The van der Waals surface area contributed by atoms with Gasteiger partial charge in [0.05, 0.1) is 0 Å². The molecular formula is C16H12ClNOS. The van der Waals surface area contributed by atoms with Crippen molar-refractivity contribution >= 4 is 45.7 Å². The number of benzene rings is 1. The zero-order valence-corrected chi connectivity index (χ0v) is 12.2. The fourth-order valence-corrected chi connectivity index (χ4v) is 2.81. The molecule has 0 amide bonds. The van der Waals surface area contributed by atoms with Gasteiger partial charge in [0.15, 0.2) is 5.78 Å². The van der Waals surface area contributed by atoms with Gasteiger partial charge in [-0.3, -0.25) is 9.78 Å². The number of hydrogen-bond donors (Lipinski definition) is 0. The number of thiophene rings is 1. The number of carbonyl (C=O) groups excluding carboxylic acids is 1. The highest BCUT2D eigenvalue weighted by Crippen LogP contribution is 2.26. The van der Waals surface area contributed by atoms with Crippen LogP contribution in [0.3, 0.4) is 0 Å². The maximum Gasteiger partial charge on any atom is 0.187 e. The Kier molecular flexibility index (Phi) is 4.66. The molecule has 0 radical (unpaired) electrons. The fraction of sp³-hybridized carbons (Fsp3) is 0. The highest BCUT2D eigenvalue weighted by molar-refractivity contribution is 7.19. The number of nitrogens with zero attached hydrogens (tertiary/aromatic N) is 1. The van der Waals surface area contributed by atoms with Crippen molar-refractivity contribution in [3.63, 3.8) is 0 Å². The maximum atomic E-state index is 11.9. The smallest absolute Gasteiger partial charge is 0.187 e. The minimum atomic E-state index is -0.0226. The van der Waals surface area contributed by atoms with E-state index < -0.39 is 0 Å². The van der Waals surface area contributed by atoms with Gasteiger partial charge >= 0.3 is 0 Å². The van der Waals surface area contributed by atoms with Crippen LogP contribution in [0.5, 0.6) is 0 Å². The second-order valence-electron chi connectivity index (χ2n) is 4.13. The number of ketones is 1. The number of fused-ring (bicyclic) bond motifs is 1. The fourth-order valence-electron chi connectivity index (χ4n) is 1.85. The molecule has 0 atom stereocenters. The first-order valence-electron chi connectivity index (χ1n) is 5.94. The number of aromatic nitrogens is 1. The van der Waals surface area contributed by atoms with Gasteiger partial charge in [-0.25, -0.2) is 0 Å². The number of halogens is 1. The highest BCUT2D eigenvalue weighted by atomic mass is 35.5. The lowest BCUT2D eigenvalue weighted by atomic mass is 10.2. The predicted molar refractivity (Wildman–Crippen MR) is 86.7 cm³/mol. The lowest BCUT2D eigenvalue weighted by Gasteiger charge is -1.92. The summed E-state index contributed by atoms with van der Waals surface area (Å²) in [7, 11) is 0. The quantitative estimate of drug-likeness (QED) is 0.522. The molecule has 0 saturated heterocycles. The van der Waals surface area contributed by atoms with Crippen molar-refractivity contribution in [3.8, 4) is 0 Å². The van der Waals surface area contributed by atoms with Gasteiger partial charge in [-0.1, -0.05) is 18.2 Å². The van der Waals surface area contributed by atoms with Crippen molar-refractivity contribution in [1.82, 2.24) is 4.98 Å². The van der Waals surface area contributed by atoms with Crippen LogP contribution in [-0.4, -0.2) is 10.8 Å². The molecule has 2 nitrogen and oxygen atoms in total. The van der Waals surface area contributed by atoms with E-state index in [0.29, 0.717) is 5.56 Å². The van der Waals surface area contributed by atoms with Crippen LogP contribution < -0.4 is 0 Å². The first-order chi connectivity index (χ1) is 9.33. The second kappa shape index (κ2) is 6.46. The summed E-state index contributed by atoms with van der Waals surface area (Å²) in [6.45, 7) is 0. The van der Waals surface area contributed by atoms with E-state index >= 15 is 0 Å². The van der Waals surface area contributed by atoms with E-state index in [-0.39, 0.29) is 18.2 Å². The van der Waals surface area contributed by atoms with Crippen molar-refractivity contribution in [2.45, 2.75) is 0 Å². The molecule has 0 aliphatic carbocycles. The van der Waals surface area contributed by atoms with Gasteiger partial charge < -0.3 is 0 Å². The number of allylic oxidation sites excluding steroid dienone is 1. The SMILES string of the molecule is Cl.O=C(/C=C/c1cc2ccccc2s1)c1cccnc1. The molecule has 1 aromatic carbocycles. The Balaban J connectivity index is 0.00000147. The Hall–Kier alpha value is -1.97. The van der Waals surface area contributed by atoms with E-state index in [1.165, 1.54) is 10.1 Å². The second-order valence-corrected chi connectivity index (χ2v) is 5.24. The van der Waals surface area contributed by atoms with Crippen LogP contribution in [-0.2, 0) is 0 Å². The Morgan fingerprint density at radius 1 is 1.15 bits per heavy atom. The molecule has 3 rings (SSSR count). The predicted octanol–water partition coefficient (Wildman–Crippen LogP) is 4.61. The summed E-state index contributed by atoms with van der Waals surface area (Å²) in [5, 5.41) is 1.21. The van der Waals surface area contributed by atoms with Gasteiger partial charge in [-0.15, -0.1) is 23.7 Å².